The fraction of sp³-hybridized carbons (Fsp3) is 0.176. The molecular weight excluding hydrogens is 358 g/mol. The molecule has 0 heterocycles. The molecule has 0 aliphatic carbocycles. The molecule has 136 valence electrons. The summed E-state index contributed by atoms with van der Waals surface area (Å²) >= 11 is 1.34. The molecule has 0 aliphatic rings. The predicted octanol–water partition coefficient (Wildman–Crippen LogP) is 2.78. The largest absolute Gasteiger partial charge is 0.508 e. The van der Waals surface area contributed by atoms with E-state index in [9.17, 15) is 25.1 Å². The number of rotatable bonds is 7. The van der Waals surface area contributed by atoms with E-state index < -0.39 is 4.92 Å². The van der Waals surface area contributed by atoms with Crippen LogP contribution in [0.3, 0.4) is 0 Å². The van der Waals surface area contributed by atoms with Crippen LogP contribution in [0.5, 0.6) is 11.5 Å². The van der Waals surface area contributed by atoms with Gasteiger partial charge >= 0.3 is 0 Å². The minimum atomic E-state index is -0.463. The van der Waals surface area contributed by atoms with Crippen molar-refractivity contribution in [3.05, 3.63) is 63.7 Å². The SMILES string of the molecule is C/C(=N\NC(=O)CSCc1ccc([N+](=O)[O-])cc1)c1cc(O)ccc1O. The number of amides is 1. The van der Waals surface area contributed by atoms with Crippen molar-refractivity contribution in [2.75, 3.05) is 5.75 Å². The van der Waals surface area contributed by atoms with Gasteiger partial charge in [-0.15, -0.1) is 11.8 Å². The zero-order chi connectivity index (χ0) is 19.1. The Kier molecular flexibility index (Phi) is 6.56. The third-order valence-electron chi connectivity index (χ3n) is 3.37. The number of carbonyl (C=O) groups is 1. The highest BCUT2D eigenvalue weighted by atomic mass is 32.2. The quantitative estimate of drug-likeness (QED) is 0.296. The van der Waals surface area contributed by atoms with Crippen molar-refractivity contribution in [1.82, 2.24) is 5.43 Å². The van der Waals surface area contributed by atoms with E-state index in [1.807, 2.05) is 0 Å². The fourth-order valence-corrected chi connectivity index (χ4v) is 2.81. The molecule has 0 aliphatic heterocycles. The summed E-state index contributed by atoms with van der Waals surface area (Å²) in [6.07, 6.45) is 0. The summed E-state index contributed by atoms with van der Waals surface area (Å²) in [6, 6.07) is 10.2. The molecule has 2 aromatic rings. The van der Waals surface area contributed by atoms with Crippen molar-refractivity contribution in [2.24, 2.45) is 5.10 Å². The summed E-state index contributed by atoms with van der Waals surface area (Å²) in [5, 5.41) is 33.7. The molecule has 0 saturated heterocycles. The highest BCUT2D eigenvalue weighted by Crippen LogP contribution is 2.22. The smallest absolute Gasteiger partial charge is 0.269 e. The van der Waals surface area contributed by atoms with E-state index in [1.54, 1.807) is 19.1 Å². The third kappa shape index (κ3) is 5.49. The molecule has 0 bridgehead atoms. The first-order chi connectivity index (χ1) is 12.4. The molecule has 3 N–H and O–H groups in total. The summed E-state index contributed by atoms with van der Waals surface area (Å²) < 4.78 is 0. The van der Waals surface area contributed by atoms with Crippen LogP contribution in [0.25, 0.3) is 0 Å². The molecule has 8 nitrogen and oxygen atoms in total. The van der Waals surface area contributed by atoms with Gasteiger partial charge in [-0.05, 0) is 30.7 Å². The summed E-state index contributed by atoms with van der Waals surface area (Å²) in [4.78, 5) is 22.0. The number of nitrogens with one attached hydrogen (secondary N) is 1. The van der Waals surface area contributed by atoms with Gasteiger partial charge in [0.25, 0.3) is 5.69 Å². The number of hydrogen-bond donors (Lipinski definition) is 3. The van der Waals surface area contributed by atoms with Crippen LogP contribution in [0.4, 0.5) is 5.69 Å². The number of phenols is 2. The number of thioether (sulfide) groups is 1. The van der Waals surface area contributed by atoms with Gasteiger partial charge in [0.2, 0.25) is 5.91 Å². The molecule has 0 atom stereocenters. The first kappa shape index (κ1) is 19.3. The van der Waals surface area contributed by atoms with E-state index >= 15 is 0 Å². The minimum absolute atomic E-state index is 0.0164. The summed E-state index contributed by atoms with van der Waals surface area (Å²) in [5.74, 6) is 0.292. The lowest BCUT2D eigenvalue weighted by Gasteiger charge is -2.06. The molecular formula is C17H17N3O5S. The lowest BCUT2D eigenvalue weighted by atomic mass is 10.1. The molecule has 0 unspecified atom stereocenters. The molecule has 0 aromatic heterocycles. The topological polar surface area (TPSA) is 125 Å². The number of hydrazone groups is 1. The average molecular weight is 375 g/mol. The Morgan fingerprint density at radius 3 is 2.58 bits per heavy atom. The van der Waals surface area contributed by atoms with Crippen molar-refractivity contribution in [3.63, 3.8) is 0 Å². The lowest BCUT2D eigenvalue weighted by molar-refractivity contribution is -0.384. The van der Waals surface area contributed by atoms with Gasteiger partial charge in [0.05, 0.1) is 16.4 Å². The monoisotopic (exact) mass is 375 g/mol. The van der Waals surface area contributed by atoms with Gasteiger partial charge in [-0.3, -0.25) is 14.9 Å². The summed E-state index contributed by atoms with van der Waals surface area (Å²) in [7, 11) is 0. The van der Waals surface area contributed by atoms with Crippen LogP contribution in [0, 0.1) is 10.1 Å². The van der Waals surface area contributed by atoms with Crippen LogP contribution >= 0.6 is 11.8 Å². The van der Waals surface area contributed by atoms with Crippen LogP contribution in [0.2, 0.25) is 0 Å². The number of hydrogen-bond acceptors (Lipinski definition) is 7. The lowest BCUT2D eigenvalue weighted by Crippen LogP contribution is -2.21. The molecule has 0 fully saturated rings. The zero-order valence-corrected chi connectivity index (χ0v) is 14.7. The van der Waals surface area contributed by atoms with Crippen LogP contribution in [-0.4, -0.2) is 32.5 Å². The average Bonchev–Trinajstić information content (AvgIpc) is 2.62. The van der Waals surface area contributed by atoms with Crippen LogP contribution in [0.15, 0.2) is 47.6 Å². The Morgan fingerprint density at radius 1 is 1.23 bits per heavy atom. The van der Waals surface area contributed by atoms with E-state index in [4.69, 9.17) is 0 Å². The van der Waals surface area contributed by atoms with Crippen molar-refractivity contribution in [2.45, 2.75) is 12.7 Å². The van der Waals surface area contributed by atoms with E-state index in [0.717, 1.165) is 5.56 Å². The van der Waals surface area contributed by atoms with Crippen molar-refractivity contribution >= 4 is 29.1 Å². The molecule has 2 aromatic carbocycles. The maximum absolute atomic E-state index is 11.8. The van der Waals surface area contributed by atoms with Crippen molar-refractivity contribution in [1.29, 1.82) is 0 Å². The molecule has 26 heavy (non-hydrogen) atoms. The number of non-ortho nitro benzene ring substituents is 1. The number of nitrogens with zero attached hydrogens (tertiary/aromatic N) is 2. The highest BCUT2D eigenvalue weighted by Gasteiger charge is 2.08. The van der Waals surface area contributed by atoms with Crippen LogP contribution in [0.1, 0.15) is 18.1 Å². The van der Waals surface area contributed by atoms with Gasteiger partial charge in [-0.1, -0.05) is 12.1 Å². The Labute approximate surface area is 153 Å². The van der Waals surface area contributed by atoms with E-state index in [0.29, 0.717) is 17.0 Å². The van der Waals surface area contributed by atoms with E-state index in [-0.39, 0.29) is 28.8 Å². The highest BCUT2D eigenvalue weighted by molar-refractivity contribution is 7.99. The van der Waals surface area contributed by atoms with E-state index in [1.165, 1.54) is 42.1 Å². The van der Waals surface area contributed by atoms with Gasteiger partial charge in [0, 0.05) is 23.4 Å². The summed E-state index contributed by atoms with van der Waals surface area (Å²) in [6.45, 7) is 1.60. The second-order valence-electron chi connectivity index (χ2n) is 5.35. The molecule has 1 amide bonds. The number of nitro benzene ring substituents is 1. The molecule has 0 radical (unpaired) electrons. The normalized spacial score (nSPS) is 11.2. The fourth-order valence-electron chi connectivity index (χ4n) is 2.03. The Morgan fingerprint density at radius 2 is 1.92 bits per heavy atom. The van der Waals surface area contributed by atoms with Crippen LogP contribution in [-0.2, 0) is 10.5 Å². The van der Waals surface area contributed by atoms with Crippen molar-refractivity contribution < 1.29 is 19.9 Å². The first-order valence-electron chi connectivity index (χ1n) is 7.53. The standard InChI is InChI=1S/C17H17N3O5S/c1-11(15-8-14(21)6-7-16(15)22)18-19-17(23)10-26-9-12-2-4-13(5-3-12)20(24)25/h2-8,21-22H,9-10H2,1H3,(H,19,23)/b18-11+. The number of benzene rings is 2. The molecule has 0 spiro atoms. The first-order valence-corrected chi connectivity index (χ1v) is 8.69. The Hall–Kier alpha value is -3.07. The number of carbonyl (C=O) groups excluding carboxylic acids is 1. The zero-order valence-electron chi connectivity index (χ0n) is 13.9. The molecule has 0 saturated carbocycles. The molecule has 2 rings (SSSR count). The van der Waals surface area contributed by atoms with Gasteiger partial charge in [-0.25, -0.2) is 5.43 Å². The summed E-state index contributed by atoms with van der Waals surface area (Å²) in [5.41, 5.74) is 3.96. The van der Waals surface area contributed by atoms with Gasteiger partial charge in [0.1, 0.15) is 11.5 Å². The number of phenolic OH excluding ortho intramolecular Hbond substituents is 2. The number of aromatic hydroxyl groups is 2. The third-order valence-corrected chi connectivity index (χ3v) is 4.37. The maximum Gasteiger partial charge on any atom is 0.269 e. The Balaban J connectivity index is 1.83. The minimum Gasteiger partial charge on any atom is -0.508 e. The second-order valence-corrected chi connectivity index (χ2v) is 6.34. The number of nitro groups is 1. The van der Waals surface area contributed by atoms with Gasteiger partial charge in [-0.2, -0.15) is 5.10 Å². The van der Waals surface area contributed by atoms with E-state index in [2.05, 4.69) is 10.5 Å². The maximum atomic E-state index is 11.8. The van der Waals surface area contributed by atoms with Crippen LogP contribution < -0.4 is 5.43 Å². The van der Waals surface area contributed by atoms with Gasteiger partial charge < -0.3 is 10.2 Å². The molecule has 9 heteroatoms. The van der Waals surface area contributed by atoms with Crippen molar-refractivity contribution in [3.8, 4) is 11.5 Å². The Bertz CT molecular complexity index is 837. The second kappa shape index (κ2) is 8.86. The predicted molar refractivity (Wildman–Crippen MR) is 99.4 cm³/mol. The van der Waals surface area contributed by atoms with Gasteiger partial charge in [0.15, 0.2) is 0 Å².